The van der Waals surface area contributed by atoms with Gasteiger partial charge in [-0.1, -0.05) is 29.8 Å². The van der Waals surface area contributed by atoms with Crippen molar-refractivity contribution in [3.63, 3.8) is 0 Å². The molecule has 0 bridgehead atoms. The monoisotopic (exact) mass is 502 g/mol. The van der Waals surface area contributed by atoms with Gasteiger partial charge in [0.2, 0.25) is 0 Å². The van der Waals surface area contributed by atoms with E-state index < -0.39 is 0 Å². The highest BCUT2D eigenvalue weighted by atomic mass is 127. The number of aromatic nitrogens is 1. The summed E-state index contributed by atoms with van der Waals surface area (Å²) in [6.07, 6.45) is 1.87. The summed E-state index contributed by atoms with van der Waals surface area (Å²) in [5, 5.41) is 7.11. The van der Waals surface area contributed by atoms with Gasteiger partial charge in [0.05, 0.1) is 12.6 Å². The zero-order valence-corrected chi connectivity index (χ0v) is 19.3. The van der Waals surface area contributed by atoms with Gasteiger partial charge in [0, 0.05) is 24.8 Å². The second kappa shape index (κ2) is 12.0. The van der Waals surface area contributed by atoms with E-state index in [0.717, 1.165) is 29.4 Å². The van der Waals surface area contributed by atoms with Crippen molar-refractivity contribution in [1.82, 2.24) is 15.6 Å². The SMILES string of the molecule is CCNC(=NCc1ccc(Cl)nc1)NCc1ccc(C)cc1OC(C)C.I. The molecule has 0 aliphatic heterocycles. The van der Waals surface area contributed by atoms with Crippen LogP contribution in [0.5, 0.6) is 5.75 Å². The number of halogens is 2. The van der Waals surface area contributed by atoms with Crippen molar-refractivity contribution < 1.29 is 4.74 Å². The summed E-state index contributed by atoms with van der Waals surface area (Å²) >= 11 is 5.82. The zero-order valence-electron chi connectivity index (χ0n) is 16.3. The average Bonchev–Trinajstić information content (AvgIpc) is 2.59. The number of hydrogen-bond donors (Lipinski definition) is 2. The average molecular weight is 503 g/mol. The van der Waals surface area contributed by atoms with E-state index in [1.807, 2.05) is 26.8 Å². The maximum Gasteiger partial charge on any atom is 0.191 e. The molecule has 1 heterocycles. The normalized spacial score (nSPS) is 11.1. The third-order valence-corrected chi connectivity index (χ3v) is 3.81. The highest BCUT2D eigenvalue weighted by Gasteiger charge is 2.07. The van der Waals surface area contributed by atoms with E-state index in [0.29, 0.717) is 18.2 Å². The Balaban J connectivity index is 0.00000364. The van der Waals surface area contributed by atoms with Crippen LogP contribution >= 0.6 is 35.6 Å². The topological polar surface area (TPSA) is 58.5 Å². The molecule has 7 heteroatoms. The summed E-state index contributed by atoms with van der Waals surface area (Å²) in [7, 11) is 0. The van der Waals surface area contributed by atoms with Crippen molar-refractivity contribution in [3.8, 4) is 5.75 Å². The van der Waals surface area contributed by atoms with Crippen molar-refractivity contribution in [2.24, 2.45) is 4.99 Å². The largest absolute Gasteiger partial charge is 0.491 e. The lowest BCUT2D eigenvalue weighted by atomic mass is 10.1. The molecule has 2 N–H and O–H groups in total. The Hall–Kier alpha value is -1.54. The highest BCUT2D eigenvalue weighted by molar-refractivity contribution is 14.0. The molecule has 0 saturated carbocycles. The molecule has 0 radical (unpaired) electrons. The second-order valence-corrected chi connectivity index (χ2v) is 6.70. The van der Waals surface area contributed by atoms with Crippen LogP contribution in [0, 0.1) is 6.92 Å². The fraction of sp³-hybridized carbons (Fsp3) is 0.400. The Kier molecular flexibility index (Phi) is 10.5. The molecule has 2 rings (SSSR count). The first-order chi connectivity index (χ1) is 12.5. The molecule has 5 nitrogen and oxygen atoms in total. The number of aliphatic imine (C=N–C) groups is 1. The molecular weight excluding hydrogens is 475 g/mol. The summed E-state index contributed by atoms with van der Waals surface area (Å²) in [6, 6.07) is 9.95. The molecular formula is C20H28ClIN4O. The van der Waals surface area contributed by atoms with Gasteiger partial charge in [-0.05, 0) is 51.0 Å². The number of guanidine groups is 1. The lowest BCUT2D eigenvalue weighted by Gasteiger charge is -2.17. The van der Waals surface area contributed by atoms with Crippen molar-refractivity contribution >= 4 is 41.5 Å². The highest BCUT2D eigenvalue weighted by Crippen LogP contribution is 2.21. The van der Waals surface area contributed by atoms with Gasteiger partial charge in [-0.3, -0.25) is 0 Å². The number of nitrogens with zero attached hydrogens (tertiary/aromatic N) is 2. The van der Waals surface area contributed by atoms with Gasteiger partial charge in [-0.25, -0.2) is 9.98 Å². The molecule has 148 valence electrons. The van der Waals surface area contributed by atoms with Gasteiger partial charge in [0.15, 0.2) is 5.96 Å². The lowest BCUT2D eigenvalue weighted by molar-refractivity contribution is 0.239. The van der Waals surface area contributed by atoms with Crippen molar-refractivity contribution in [2.75, 3.05) is 6.54 Å². The Bertz CT molecular complexity index is 735. The lowest BCUT2D eigenvalue weighted by Crippen LogP contribution is -2.36. The standard InChI is InChI=1S/C20H27ClN4O.HI/c1-5-22-20(24-12-16-7-9-19(21)23-11-16)25-13-17-8-6-15(4)10-18(17)26-14(2)3;/h6-11,14H,5,12-13H2,1-4H3,(H2,22,24,25);1H. The van der Waals surface area contributed by atoms with E-state index in [-0.39, 0.29) is 30.1 Å². The van der Waals surface area contributed by atoms with E-state index in [9.17, 15) is 0 Å². The minimum atomic E-state index is 0. The summed E-state index contributed by atoms with van der Waals surface area (Å²) in [4.78, 5) is 8.69. The number of aryl methyl sites for hydroxylation is 1. The summed E-state index contributed by atoms with van der Waals surface area (Å²) < 4.78 is 5.94. The number of hydrogen-bond acceptors (Lipinski definition) is 3. The summed E-state index contributed by atoms with van der Waals surface area (Å²) in [6.45, 7) is 10.1. The van der Waals surface area contributed by atoms with E-state index in [4.69, 9.17) is 16.3 Å². The second-order valence-electron chi connectivity index (χ2n) is 6.32. The van der Waals surface area contributed by atoms with E-state index in [1.165, 1.54) is 5.56 Å². The zero-order chi connectivity index (χ0) is 18.9. The third kappa shape index (κ3) is 8.34. The maximum atomic E-state index is 5.94. The predicted molar refractivity (Wildman–Crippen MR) is 123 cm³/mol. The first kappa shape index (κ1) is 23.5. The first-order valence-electron chi connectivity index (χ1n) is 8.86. The summed E-state index contributed by atoms with van der Waals surface area (Å²) in [5.74, 6) is 1.66. The molecule has 0 aliphatic carbocycles. The maximum absolute atomic E-state index is 5.94. The number of pyridine rings is 1. The smallest absolute Gasteiger partial charge is 0.191 e. The molecule has 1 aromatic heterocycles. The Morgan fingerprint density at radius 1 is 1.22 bits per heavy atom. The quantitative estimate of drug-likeness (QED) is 0.249. The van der Waals surface area contributed by atoms with Crippen LogP contribution in [0.2, 0.25) is 5.15 Å². The van der Waals surface area contributed by atoms with Crippen LogP contribution in [0.4, 0.5) is 0 Å². The minimum absolute atomic E-state index is 0. The summed E-state index contributed by atoms with van der Waals surface area (Å²) in [5.41, 5.74) is 3.29. The molecule has 0 aliphatic rings. The molecule has 0 spiro atoms. The number of nitrogens with one attached hydrogen (secondary N) is 2. The van der Waals surface area contributed by atoms with E-state index >= 15 is 0 Å². The van der Waals surface area contributed by atoms with Crippen LogP contribution in [-0.4, -0.2) is 23.6 Å². The molecule has 0 atom stereocenters. The van der Waals surface area contributed by atoms with Gasteiger partial charge in [0.1, 0.15) is 10.9 Å². The molecule has 1 aromatic carbocycles. The minimum Gasteiger partial charge on any atom is -0.491 e. The van der Waals surface area contributed by atoms with Crippen LogP contribution in [0.1, 0.15) is 37.5 Å². The third-order valence-electron chi connectivity index (χ3n) is 3.58. The van der Waals surface area contributed by atoms with Crippen LogP contribution in [0.25, 0.3) is 0 Å². The molecule has 0 unspecified atom stereocenters. The van der Waals surface area contributed by atoms with Crippen LogP contribution in [0.15, 0.2) is 41.5 Å². The van der Waals surface area contributed by atoms with Gasteiger partial charge in [0.25, 0.3) is 0 Å². The Morgan fingerprint density at radius 3 is 2.63 bits per heavy atom. The molecule has 0 saturated heterocycles. The van der Waals surface area contributed by atoms with Crippen LogP contribution in [-0.2, 0) is 13.1 Å². The molecule has 2 aromatic rings. The van der Waals surface area contributed by atoms with Gasteiger partial charge >= 0.3 is 0 Å². The first-order valence-corrected chi connectivity index (χ1v) is 9.24. The number of benzene rings is 1. The van der Waals surface area contributed by atoms with Gasteiger partial charge in [-0.15, -0.1) is 24.0 Å². The Labute approximate surface area is 184 Å². The Morgan fingerprint density at radius 2 is 2.00 bits per heavy atom. The molecule has 0 fully saturated rings. The predicted octanol–water partition coefficient (Wildman–Crippen LogP) is 4.70. The fourth-order valence-electron chi connectivity index (χ4n) is 2.36. The fourth-order valence-corrected chi connectivity index (χ4v) is 2.47. The van der Waals surface area contributed by atoms with Crippen molar-refractivity contribution in [3.05, 3.63) is 58.4 Å². The van der Waals surface area contributed by atoms with Crippen LogP contribution < -0.4 is 15.4 Å². The van der Waals surface area contributed by atoms with E-state index in [1.54, 1.807) is 12.3 Å². The number of rotatable bonds is 7. The van der Waals surface area contributed by atoms with Crippen molar-refractivity contribution in [1.29, 1.82) is 0 Å². The van der Waals surface area contributed by atoms with Crippen LogP contribution in [0.3, 0.4) is 0 Å². The van der Waals surface area contributed by atoms with Gasteiger partial charge in [-0.2, -0.15) is 0 Å². The van der Waals surface area contributed by atoms with Crippen molar-refractivity contribution in [2.45, 2.75) is 46.9 Å². The molecule has 0 amide bonds. The number of ether oxygens (including phenoxy) is 1. The van der Waals surface area contributed by atoms with E-state index in [2.05, 4.69) is 45.7 Å². The van der Waals surface area contributed by atoms with Gasteiger partial charge < -0.3 is 15.4 Å². The molecule has 27 heavy (non-hydrogen) atoms.